The number of Topliss-reactive ketones (excluding diaryl/α,β-unsaturated/α-hetero) is 1. The molecule has 4 atom stereocenters. The molecule has 43 heavy (non-hydrogen) atoms. The molecule has 0 saturated carbocycles. The number of ether oxygens (including phenoxy) is 2. The van der Waals surface area contributed by atoms with Gasteiger partial charge >= 0.3 is 0 Å². The second-order valence-electron chi connectivity index (χ2n) is 11.4. The Bertz CT molecular complexity index is 1940. The molecule has 0 aromatic heterocycles. The van der Waals surface area contributed by atoms with E-state index in [1.165, 1.54) is 44.6 Å². The molecule has 4 aliphatic rings. The first-order valence-corrected chi connectivity index (χ1v) is 13.3. The second-order valence-corrected chi connectivity index (χ2v) is 11.4. The average Bonchev–Trinajstić information content (AvgIpc) is 3.30. The quantitative estimate of drug-likeness (QED) is 0.218. The van der Waals surface area contributed by atoms with Gasteiger partial charge in [-0.25, -0.2) is 0 Å². The summed E-state index contributed by atoms with van der Waals surface area (Å²) in [5.41, 5.74) is -5.68. The lowest BCUT2D eigenvalue weighted by molar-refractivity contribution is -0.160. The topological polar surface area (TPSA) is 188 Å². The number of rotatable bonds is 2. The number of hydrogen-bond acceptors (Lipinski definition) is 11. The molecule has 5 N–H and O–H groups in total. The van der Waals surface area contributed by atoms with Gasteiger partial charge in [0.15, 0.2) is 28.7 Å². The summed E-state index contributed by atoms with van der Waals surface area (Å²) >= 11 is 0. The molecule has 0 unspecified atom stereocenters. The smallest absolute Gasteiger partial charge is 0.207 e. The third-order valence-electron chi connectivity index (χ3n) is 9.45. The zero-order chi connectivity index (χ0) is 30.9. The lowest BCUT2D eigenvalue weighted by Gasteiger charge is -2.53. The Morgan fingerprint density at radius 1 is 0.860 bits per heavy atom. The molecule has 0 radical (unpaired) electrons. The van der Waals surface area contributed by atoms with Crippen molar-refractivity contribution in [1.82, 2.24) is 0 Å². The first-order chi connectivity index (χ1) is 20.3. The molecule has 0 heterocycles. The molecular formula is C32H24O11. The van der Waals surface area contributed by atoms with E-state index in [0.29, 0.717) is 5.56 Å². The van der Waals surface area contributed by atoms with Gasteiger partial charge in [0, 0.05) is 17.0 Å². The highest BCUT2D eigenvalue weighted by Gasteiger charge is 2.73. The third kappa shape index (κ3) is 2.85. The molecule has 11 nitrogen and oxygen atoms in total. The number of aryl methyl sites for hydroxylation is 1. The van der Waals surface area contributed by atoms with Crippen LogP contribution in [0.4, 0.5) is 0 Å². The van der Waals surface area contributed by atoms with Crippen LogP contribution in [0, 0.1) is 12.3 Å². The van der Waals surface area contributed by atoms with Gasteiger partial charge in [-0.3, -0.25) is 19.2 Å². The summed E-state index contributed by atoms with van der Waals surface area (Å²) < 4.78 is 10.4. The van der Waals surface area contributed by atoms with Crippen LogP contribution in [-0.4, -0.2) is 68.5 Å². The summed E-state index contributed by atoms with van der Waals surface area (Å²) in [6.45, 7) is 1.64. The van der Waals surface area contributed by atoms with Crippen LogP contribution in [0.3, 0.4) is 0 Å². The van der Waals surface area contributed by atoms with Crippen molar-refractivity contribution in [3.05, 3.63) is 86.5 Å². The van der Waals surface area contributed by atoms with E-state index in [0.717, 1.165) is 6.08 Å². The zero-order valence-electron chi connectivity index (χ0n) is 23.0. The minimum absolute atomic E-state index is 0.000623. The molecule has 3 aromatic carbocycles. The normalized spacial score (nSPS) is 26.3. The van der Waals surface area contributed by atoms with Crippen molar-refractivity contribution >= 4 is 23.1 Å². The van der Waals surface area contributed by atoms with Gasteiger partial charge in [0.2, 0.25) is 17.3 Å². The number of allylic oxidation sites excluding steroid dienone is 1. The molecule has 11 heteroatoms. The fourth-order valence-electron chi connectivity index (χ4n) is 7.69. The van der Waals surface area contributed by atoms with Crippen molar-refractivity contribution in [2.75, 3.05) is 14.2 Å². The van der Waals surface area contributed by atoms with Crippen LogP contribution < -0.4 is 9.47 Å². The van der Waals surface area contributed by atoms with E-state index >= 15 is 0 Å². The van der Waals surface area contributed by atoms with Gasteiger partial charge in [0.05, 0.1) is 42.4 Å². The Balaban J connectivity index is 1.53. The van der Waals surface area contributed by atoms with Gasteiger partial charge in [-0.05, 0) is 59.9 Å². The van der Waals surface area contributed by atoms with E-state index in [1.54, 1.807) is 6.92 Å². The van der Waals surface area contributed by atoms with E-state index in [9.17, 15) is 44.7 Å². The van der Waals surface area contributed by atoms with Crippen molar-refractivity contribution in [3.8, 4) is 28.7 Å². The van der Waals surface area contributed by atoms with Crippen molar-refractivity contribution in [3.63, 3.8) is 0 Å². The minimum Gasteiger partial charge on any atom is -0.507 e. The maximum atomic E-state index is 14.2. The van der Waals surface area contributed by atoms with Gasteiger partial charge < -0.3 is 35.0 Å². The second kappa shape index (κ2) is 8.30. The summed E-state index contributed by atoms with van der Waals surface area (Å²) in [5, 5.41) is 56.7. The van der Waals surface area contributed by atoms with E-state index in [4.69, 9.17) is 9.47 Å². The maximum absolute atomic E-state index is 14.2. The highest BCUT2D eigenvalue weighted by molar-refractivity contribution is 6.31. The molecule has 4 aliphatic carbocycles. The minimum atomic E-state index is -2.86. The molecule has 218 valence electrons. The largest absolute Gasteiger partial charge is 0.507 e. The van der Waals surface area contributed by atoms with Crippen molar-refractivity contribution in [2.45, 2.75) is 31.0 Å². The number of aromatic hydroxyl groups is 3. The highest BCUT2D eigenvalue weighted by atomic mass is 16.5. The van der Waals surface area contributed by atoms with Crippen LogP contribution in [0.25, 0.3) is 0 Å². The maximum Gasteiger partial charge on any atom is 0.207 e. The predicted octanol–water partition coefficient (Wildman–Crippen LogP) is 2.33. The van der Waals surface area contributed by atoms with Crippen LogP contribution in [0.15, 0.2) is 36.4 Å². The SMILES string of the molecule is COc1cc2c(c(O)c1OC)C(=O)c1c(O)cc3c(c1C2=O)[C@H]1C=CC(=O)[C@]2(O)C(=O)c4c(O)cc(C)cc4[C@H](O)[C@]12C3. The van der Waals surface area contributed by atoms with Gasteiger partial charge in [-0.1, -0.05) is 12.1 Å². The van der Waals surface area contributed by atoms with Crippen molar-refractivity contribution < 1.29 is 54.2 Å². The molecule has 7 rings (SSSR count). The molecular weight excluding hydrogens is 560 g/mol. The Kier molecular flexibility index (Phi) is 5.19. The van der Waals surface area contributed by atoms with Gasteiger partial charge in [0.25, 0.3) is 0 Å². The number of methoxy groups -OCH3 is 2. The number of carbonyl (C=O) groups excluding carboxylic acids is 4. The number of benzene rings is 3. The van der Waals surface area contributed by atoms with Gasteiger partial charge in [-0.2, -0.15) is 0 Å². The molecule has 3 aromatic rings. The molecule has 0 saturated heterocycles. The van der Waals surface area contributed by atoms with E-state index in [-0.39, 0.29) is 51.3 Å². The van der Waals surface area contributed by atoms with Crippen LogP contribution in [-0.2, 0) is 11.2 Å². The van der Waals surface area contributed by atoms with Crippen LogP contribution in [0.5, 0.6) is 28.7 Å². The number of aliphatic hydroxyl groups is 2. The highest BCUT2D eigenvalue weighted by Crippen LogP contribution is 2.67. The molecule has 0 bridgehead atoms. The molecule has 0 aliphatic heterocycles. The van der Waals surface area contributed by atoms with Crippen molar-refractivity contribution in [2.24, 2.45) is 5.41 Å². The lowest BCUT2D eigenvalue weighted by atomic mass is 9.50. The van der Waals surface area contributed by atoms with Gasteiger partial charge in [-0.15, -0.1) is 0 Å². The van der Waals surface area contributed by atoms with E-state index < -0.39 is 74.5 Å². The predicted molar refractivity (Wildman–Crippen MR) is 146 cm³/mol. The van der Waals surface area contributed by atoms with Crippen molar-refractivity contribution in [1.29, 1.82) is 0 Å². The standard InChI is InChI=1S/C32H24O11/c1-11-6-14-21(16(33)7-11)30(40)32(41)19(35)5-4-15-20-12(10-31(15,32)29(14)39)8-17(34)23-24(20)25(36)13-9-18(42-2)28(43-3)27(38)22(13)26(23)37/h4-9,15,29,33-34,38-39,41H,10H2,1-3H3/t15-,29+,31+,32+/m1/s1. The fourth-order valence-corrected chi connectivity index (χ4v) is 7.69. The Hall–Kier alpha value is -5.00. The summed E-state index contributed by atoms with van der Waals surface area (Å²) in [6, 6.07) is 5.20. The molecule has 0 amide bonds. The number of carbonyl (C=O) groups is 4. The summed E-state index contributed by atoms with van der Waals surface area (Å²) in [6.07, 6.45) is 0.319. The van der Waals surface area contributed by atoms with Crippen LogP contribution in [0.2, 0.25) is 0 Å². The first-order valence-electron chi connectivity index (χ1n) is 13.3. The molecule has 0 fully saturated rings. The Morgan fingerprint density at radius 3 is 2.23 bits per heavy atom. The molecule has 1 spiro atoms. The first kappa shape index (κ1) is 26.9. The number of phenolic OH excluding ortho intramolecular Hbond substituents is 3. The van der Waals surface area contributed by atoms with Gasteiger partial charge in [0.1, 0.15) is 11.5 Å². The summed E-state index contributed by atoms with van der Waals surface area (Å²) in [4.78, 5) is 55.4. The number of fused-ring (bicyclic) bond motifs is 6. The number of aliphatic hydroxyl groups excluding tert-OH is 1. The lowest BCUT2D eigenvalue weighted by Crippen LogP contribution is -2.67. The number of phenols is 3. The van der Waals surface area contributed by atoms with Crippen LogP contribution >= 0.6 is 0 Å². The number of hydrogen-bond donors (Lipinski definition) is 5. The summed E-state index contributed by atoms with van der Waals surface area (Å²) in [5.74, 6) is -6.94. The fraction of sp³-hybridized carbons (Fsp3) is 0.250. The average molecular weight is 585 g/mol. The third-order valence-corrected chi connectivity index (χ3v) is 9.45. The zero-order valence-corrected chi connectivity index (χ0v) is 23.0. The van der Waals surface area contributed by atoms with E-state index in [1.807, 2.05) is 0 Å². The Morgan fingerprint density at radius 2 is 1.56 bits per heavy atom. The Labute approximate surface area is 243 Å². The number of ketones is 4. The monoisotopic (exact) mass is 584 g/mol. The summed E-state index contributed by atoms with van der Waals surface area (Å²) in [7, 11) is 2.52. The van der Waals surface area contributed by atoms with Crippen LogP contribution in [0.1, 0.15) is 76.5 Å². The van der Waals surface area contributed by atoms with E-state index in [2.05, 4.69) is 0 Å².